The highest BCUT2D eigenvalue weighted by Crippen LogP contribution is 2.26. The van der Waals surface area contributed by atoms with E-state index in [0.717, 1.165) is 15.7 Å². The standard InChI is InChI=1S/C15H21ClN2S/c1-11(13-9-5-6-10-14(13)16)18(2)15(19)17-12-7-3-4-8-12/h5-6,9-12H,3-4,7-8H2,1-2H3,(H,17,19). The van der Waals surface area contributed by atoms with Crippen molar-refractivity contribution in [3.63, 3.8) is 0 Å². The molecule has 0 amide bonds. The Morgan fingerprint density at radius 3 is 2.63 bits per heavy atom. The molecule has 2 nitrogen and oxygen atoms in total. The SMILES string of the molecule is CC(c1ccccc1Cl)N(C)C(=S)NC1CCCC1. The summed E-state index contributed by atoms with van der Waals surface area (Å²) < 4.78 is 0. The molecule has 0 radical (unpaired) electrons. The molecule has 0 aromatic heterocycles. The number of rotatable bonds is 3. The van der Waals surface area contributed by atoms with Crippen molar-refractivity contribution in [3.05, 3.63) is 34.9 Å². The van der Waals surface area contributed by atoms with Crippen molar-refractivity contribution in [2.45, 2.75) is 44.7 Å². The van der Waals surface area contributed by atoms with E-state index in [1.54, 1.807) is 0 Å². The quantitative estimate of drug-likeness (QED) is 0.844. The zero-order valence-corrected chi connectivity index (χ0v) is 13.1. The van der Waals surface area contributed by atoms with Crippen LogP contribution in [0, 0.1) is 0 Å². The van der Waals surface area contributed by atoms with Gasteiger partial charge in [0.05, 0.1) is 6.04 Å². The maximum absolute atomic E-state index is 6.25. The summed E-state index contributed by atoms with van der Waals surface area (Å²) in [5.41, 5.74) is 1.11. The Kier molecular flexibility index (Phi) is 5.06. The lowest BCUT2D eigenvalue weighted by Crippen LogP contribution is -2.42. The molecule has 1 aromatic rings. The molecule has 1 atom stereocenters. The number of nitrogens with one attached hydrogen (secondary N) is 1. The third kappa shape index (κ3) is 3.61. The average molecular weight is 297 g/mol. The first-order valence-corrected chi connectivity index (χ1v) is 7.66. The summed E-state index contributed by atoms with van der Waals surface area (Å²) in [5.74, 6) is 0. The number of nitrogens with zero attached hydrogens (tertiary/aromatic N) is 1. The minimum atomic E-state index is 0.176. The van der Waals surface area contributed by atoms with E-state index in [-0.39, 0.29) is 6.04 Å². The van der Waals surface area contributed by atoms with Crippen molar-refractivity contribution in [3.8, 4) is 0 Å². The van der Waals surface area contributed by atoms with E-state index >= 15 is 0 Å². The van der Waals surface area contributed by atoms with Crippen molar-refractivity contribution in [1.82, 2.24) is 10.2 Å². The maximum atomic E-state index is 6.25. The van der Waals surface area contributed by atoms with Gasteiger partial charge in [0.25, 0.3) is 0 Å². The van der Waals surface area contributed by atoms with Crippen LogP contribution in [0.15, 0.2) is 24.3 Å². The largest absolute Gasteiger partial charge is 0.360 e. The molecule has 0 heterocycles. The molecule has 1 aliphatic rings. The Hall–Kier alpha value is -0.800. The van der Waals surface area contributed by atoms with Gasteiger partial charge in [-0.05, 0) is 43.6 Å². The molecule has 2 rings (SSSR count). The number of halogens is 1. The van der Waals surface area contributed by atoms with Crippen molar-refractivity contribution >= 4 is 28.9 Å². The van der Waals surface area contributed by atoms with Gasteiger partial charge >= 0.3 is 0 Å². The second kappa shape index (κ2) is 6.58. The minimum absolute atomic E-state index is 0.176. The van der Waals surface area contributed by atoms with Crippen LogP contribution in [0.25, 0.3) is 0 Å². The molecule has 1 N–H and O–H groups in total. The van der Waals surface area contributed by atoms with Gasteiger partial charge in [-0.1, -0.05) is 42.6 Å². The van der Waals surface area contributed by atoms with E-state index in [4.69, 9.17) is 23.8 Å². The second-order valence-corrected chi connectivity index (χ2v) is 6.03. The first-order chi connectivity index (χ1) is 9.09. The molecule has 1 saturated carbocycles. The predicted molar refractivity (Wildman–Crippen MR) is 85.6 cm³/mol. The summed E-state index contributed by atoms with van der Waals surface area (Å²) in [7, 11) is 2.03. The molecule has 0 aliphatic heterocycles. The van der Waals surface area contributed by atoms with Crippen LogP contribution in [-0.2, 0) is 0 Å². The third-order valence-corrected chi connectivity index (χ3v) is 4.69. The number of hydrogen-bond donors (Lipinski definition) is 1. The fourth-order valence-electron chi connectivity index (χ4n) is 2.55. The van der Waals surface area contributed by atoms with E-state index in [1.165, 1.54) is 25.7 Å². The van der Waals surface area contributed by atoms with E-state index in [0.29, 0.717) is 6.04 Å². The van der Waals surface area contributed by atoms with Crippen LogP contribution in [0.3, 0.4) is 0 Å². The monoisotopic (exact) mass is 296 g/mol. The van der Waals surface area contributed by atoms with Crippen molar-refractivity contribution in [1.29, 1.82) is 0 Å². The van der Waals surface area contributed by atoms with Gasteiger partial charge < -0.3 is 10.2 Å². The fraction of sp³-hybridized carbons (Fsp3) is 0.533. The molecule has 1 aromatic carbocycles. The molecule has 4 heteroatoms. The molecule has 1 unspecified atom stereocenters. The van der Waals surface area contributed by atoms with Gasteiger partial charge in [-0.25, -0.2) is 0 Å². The summed E-state index contributed by atoms with van der Waals surface area (Å²) in [6.07, 6.45) is 5.08. The molecule has 19 heavy (non-hydrogen) atoms. The average Bonchev–Trinajstić information content (AvgIpc) is 2.90. The summed E-state index contributed by atoms with van der Waals surface area (Å²) >= 11 is 11.8. The van der Waals surface area contributed by atoms with Crippen molar-refractivity contribution in [2.75, 3.05) is 7.05 Å². The molecule has 0 bridgehead atoms. The second-order valence-electron chi connectivity index (χ2n) is 5.24. The summed E-state index contributed by atoms with van der Waals surface area (Å²) in [4.78, 5) is 2.09. The Balaban J connectivity index is 2.00. The lowest BCUT2D eigenvalue weighted by molar-refractivity contribution is 0.388. The number of thiocarbonyl (C=S) groups is 1. The van der Waals surface area contributed by atoms with E-state index < -0.39 is 0 Å². The predicted octanol–water partition coefficient (Wildman–Crippen LogP) is 4.15. The number of benzene rings is 1. The van der Waals surface area contributed by atoms with Gasteiger partial charge in [0, 0.05) is 18.1 Å². The van der Waals surface area contributed by atoms with Crippen LogP contribution in [0.2, 0.25) is 5.02 Å². The Morgan fingerprint density at radius 1 is 1.37 bits per heavy atom. The summed E-state index contributed by atoms with van der Waals surface area (Å²) in [6.45, 7) is 2.13. The highest BCUT2D eigenvalue weighted by atomic mass is 35.5. The normalized spacial score (nSPS) is 17.2. The van der Waals surface area contributed by atoms with E-state index in [2.05, 4.69) is 23.2 Å². The molecule has 0 spiro atoms. The van der Waals surface area contributed by atoms with Crippen LogP contribution in [-0.4, -0.2) is 23.1 Å². The zero-order valence-electron chi connectivity index (χ0n) is 11.5. The molecular formula is C15H21ClN2S. The molecule has 1 fully saturated rings. The number of hydrogen-bond acceptors (Lipinski definition) is 1. The molecule has 0 saturated heterocycles. The Bertz CT molecular complexity index is 444. The van der Waals surface area contributed by atoms with Gasteiger partial charge in [0.1, 0.15) is 0 Å². The van der Waals surface area contributed by atoms with Crippen LogP contribution < -0.4 is 5.32 Å². The van der Waals surface area contributed by atoms with E-state index in [1.807, 2.05) is 25.2 Å². The molecule has 104 valence electrons. The van der Waals surface area contributed by atoms with Crippen molar-refractivity contribution in [2.24, 2.45) is 0 Å². The van der Waals surface area contributed by atoms with Crippen molar-refractivity contribution < 1.29 is 0 Å². The van der Waals surface area contributed by atoms with Gasteiger partial charge in [-0.3, -0.25) is 0 Å². The van der Waals surface area contributed by atoms with Crippen LogP contribution in [0.1, 0.15) is 44.2 Å². The first-order valence-electron chi connectivity index (χ1n) is 6.87. The Morgan fingerprint density at radius 2 is 2.00 bits per heavy atom. The highest BCUT2D eigenvalue weighted by Gasteiger charge is 2.20. The van der Waals surface area contributed by atoms with Gasteiger partial charge in [-0.15, -0.1) is 0 Å². The summed E-state index contributed by atoms with van der Waals surface area (Å²) in [6, 6.07) is 8.67. The first kappa shape index (κ1) is 14.6. The maximum Gasteiger partial charge on any atom is 0.169 e. The third-order valence-electron chi connectivity index (χ3n) is 3.94. The zero-order chi connectivity index (χ0) is 13.8. The lowest BCUT2D eigenvalue weighted by atomic mass is 10.1. The fourth-order valence-corrected chi connectivity index (χ4v) is 3.16. The van der Waals surface area contributed by atoms with Gasteiger partial charge in [0.15, 0.2) is 5.11 Å². The van der Waals surface area contributed by atoms with Gasteiger partial charge in [-0.2, -0.15) is 0 Å². The summed E-state index contributed by atoms with van der Waals surface area (Å²) in [5, 5.41) is 5.08. The van der Waals surface area contributed by atoms with Crippen LogP contribution in [0.4, 0.5) is 0 Å². The minimum Gasteiger partial charge on any atom is -0.360 e. The Labute approximate surface area is 126 Å². The molecule has 1 aliphatic carbocycles. The highest BCUT2D eigenvalue weighted by molar-refractivity contribution is 7.80. The van der Waals surface area contributed by atoms with Crippen LogP contribution >= 0.6 is 23.8 Å². The topological polar surface area (TPSA) is 15.3 Å². The van der Waals surface area contributed by atoms with E-state index in [9.17, 15) is 0 Å². The molecular weight excluding hydrogens is 276 g/mol. The smallest absolute Gasteiger partial charge is 0.169 e. The lowest BCUT2D eigenvalue weighted by Gasteiger charge is -2.30. The van der Waals surface area contributed by atoms with Gasteiger partial charge in [0.2, 0.25) is 0 Å². The van der Waals surface area contributed by atoms with Crippen LogP contribution in [0.5, 0.6) is 0 Å².